The highest BCUT2D eigenvalue weighted by Gasteiger charge is 2.20. The fraction of sp³-hybridized carbons (Fsp3) is 0.467. The molecule has 0 saturated heterocycles. The molecule has 2 rings (SSSR count). The van der Waals surface area contributed by atoms with Crippen LogP contribution in [-0.2, 0) is 13.0 Å². The Hall–Kier alpha value is -1.50. The van der Waals surface area contributed by atoms with Gasteiger partial charge in [-0.25, -0.2) is 8.78 Å². The van der Waals surface area contributed by atoms with Crippen molar-refractivity contribution in [2.24, 2.45) is 0 Å². The van der Waals surface area contributed by atoms with Crippen LogP contribution in [0.15, 0.2) is 21.0 Å². The maximum absolute atomic E-state index is 13.0. The van der Waals surface area contributed by atoms with Gasteiger partial charge in [0, 0.05) is 16.6 Å². The van der Waals surface area contributed by atoms with Gasteiger partial charge in [-0.2, -0.15) is 0 Å². The van der Waals surface area contributed by atoms with Crippen molar-refractivity contribution in [2.45, 2.75) is 40.2 Å². The molecule has 0 aliphatic heterocycles. The van der Waals surface area contributed by atoms with Crippen molar-refractivity contribution < 1.29 is 13.2 Å². The summed E-state index contributed by atoms with van der Waals surface area (Å²) in [5.74, 6) is 0.857. The van der Waals surface area contributed by atoms with Gasteiger partial charge in [-0.1, -0.05) is 22.9 Å². The minimum Gasteiger partial charge on any atom is -0.423 e. The second-order valence-electron chi connectivity index (χ2n) is 5.10. The van der Waals surface area contributed by atoms with Crippen molar-refractivity contribution in [1.29, 1.82) is 0 Å². The highest BCUT2D eigenvalue weighted by molar-refractivity contribution is 9.10. The van der Waals surface area contributed by atoms with Crippen LogP contribution in [0.3, 0.4) is 0 Å². The number of benzene rings is 1. The second kappa shape index (κ2) is 7.17. The summed E-state index contributed by atoms with van der Waals surface area (Å²) in [5, 5.41) is 7.81. The molecule has 0 fully saturated rings. The molecule has 0 bridgehead atoms. The molecule has 1 heterocycles. The first-order valence-electron chi connectivity index (χ1n) is 7.01. The number of rotatable bonds is 6. The predicted molar refractivity (Wildman–Crippen MR) is 84.3 cm³/mol. The molecule has 0 spiro atoms. The zero-order valence-corrected chi connectivity index (χ0v) is 14.3. The van der Waals surface area contributed by atoms with Gasteiger partial charge in [0.1, 0.15) is 0 Å². The summed E-state index contributed by atoms with van der Waals surface area (Å²) < 4.78 is 32.3. The van der Waals surface area contributed by atoms with Gasteiger partial charge < -0.3 is 9.32 Å². The van der Waals surface area contributed by atoms with E-state index < -0.39 is 6.43 Å². The van der Waals surface area contributed by atoms with Gasteiger partial charge in [-0.3, -0.25) is 0 Å². The molecule has 22 heavy (non-hydrogen) atoms. The molecule has 1 aromatic heterocycles. The smallest absolute Gasteiger partial charge is 0.255 e. The van der Waals surface area contributed by atoms with E-state index in [-0.39, 0.29) is 13.1 Å². The van der Waals surface area contributed by atoms with Gasteiger partial charge in [-0.05, 0) is 37.1 Å². The summed E-state index contributed by atoms with van der Waals surface area (Å²) in [6.45, 7) is 5.48. The minimum atomic E-state index is -2.45. The van der Waals surface area contributed by atoms with E-state index in [1.165, 1.54) is 0 Å². The average molecular weight is 374 g/mol. The van der Waals surface area contributed by atoms with Crippen LogP contribution in [0.2, 0.25) is 0 Å². The fourth-order valence-corrected chi connectivity index (χ4v) is 3.15. The lowest BCUT2D eigenvalue weighted by molar-refractivity contribution is 0.153. The molecule has 0 saturated carbocycles. The van der Waals surface area contributed by atoms with Crippen molar-refractivity contribution in [2.75, 3.05) is 11.4 Å². The second-order valence-corrected chi connectivity index (χ2v) is 6.02. The molecule has 7 heteroatoms. The van der Waals surface area contributed by atoms with Crippen molar-refractivity contribution in [3.8, 4) is 0 Å². The predicted octanol–water partition coefficient (Wildman–Crippen LogP) is 4.28. The van der Waals surface area contributed by atoms with E-state index in [1.54, 1.807) is 4.90 Å². The molecule has 0 amide bonds. The summed E-state index contributed by atoms with van der Waals surface area (Å²) in [7, 11) is 0. The number of aryl methyl sites for hydroxylation is 3. The Balaban J connectivity index is 2.33. The standard InChI is InChI=1S/C15H18BrF2N3O/c1-4-13-19-20-14(22-13)8-21(7-12(17)18)15-9(2)5-11(16)6-10(15)3/h5-6,12H,4,7-8H2,1-3H3. The van der Waals surface area contributed by atoms with Crippen LogP contribution in [0.5, 0.6) is 0 Å². The van der Waals surface area contributed by atoms with Crippen molar-refractivity contribution in [3.63, 3.8) is 0 Å². The number of hydrogen-bond donors (Lipinski definition) is 0. The summed E-state index contributed by atoms with van der Waals surface area (Å²) in [6.07, 6.45) is -1.82. The molecule has 0 atom stereocenters. The Bertz CT molecular complexity index is 622. The first kappa shape index (κ1) is 16.9. The van der Waals surface area contributed by atoms with Crippen LogP contribution >= 0.6 is 15.9 Å². The normalized spacial score (nSPS) is 11.2. The van der Waals surface area contributed by atoms with Crippen molar-refractivity contribution in [3.05, 3.63) is 39.5 Å². The van der Waals surface area contributed by atoms with Crippen LogP contribution in [0.1, 0.15) is 29.8 Å². The monoisotopic (exact) mass is 373 g/mol. The first-order chi connectivity index (χ1) is 10.4. The van der Waals surface area contributed by atoms with Gasteiger partial charge >= 0.3 is 0 Å². The molecule has 2 aromatic rings. The van der Waals surface area contributed by atoms with Gasteiger partial charge in [0.15, 0.2) is 0 Å². The molecule has 0 aliphatic carbocycles. The number of anilines is 1. The van der Waals surface area contributed by atoms with Crippen molar-refractivity contribution in [1.82, 2.24) is 10.2 Å². The lowest BCUT2D eigenvalue weighted by Gasteiger charge is -2.26. The Morgan fingerprint density at radius 1 is 1.18 bits per heavy atom. The Morgan fingerprint density at radius 3 is 2.27 bits per heavy atom. The summed E-state index contributed by atoms with van der Waals surface area (Å²) in [5.41, 5.74) is 2.62. The number of hydrogen-bond acceptors (Lipinski definition) is 4. The first-order valence-corrected chi connectivity index (χ1v) is 7.81. The molecule has 0 radical (unpaired) electrons. The third-order valence-corrected chi connectivity index (χ3v) is 3.73. The average Bonchev–Trinajstić information content (AvgIpc) is 2.84. The molecule has 4 nitrogen and oxygen atoms in total. The lowest BCUT2D eigenvalue weighted by atomic mass is 10.1. The van der Waals surface area contributed by atoms with Crippen LogP contribution in [0.4, 0.5) is 14.5 Å². The molecule has 0 N–H and O–H groups in total. The van der Waals surface area contributed by atoms with E-state index in [1.807, 2.05) is 32.9 Å². The number of nitrogens with zero attached hydrogens (tertiary/aromatic N) is 3. The topological polar surface area (TPSA) is 42.2 Å². The zero-order valence-electron chi connectivity index (χ0n) is 12.7. The molecule has 120 valence electrons. The Morgan fingerprint density at radius 2 is 1.77 bits per heavy atom. The van der Waals surface area contributed by atoms with E-state index in [0.717, 1.165) is 21.3 Å². The fourth-order valence-electron chi connectivity index (χ4n) is 2.46. The third-order valence-electron chi connectivity index (χ3n) is 3.27. The van der Waals surface area contributed by atoms with Crippen LogP contribution in [0.25, 0.3) is 0 Å². The van der Waals surface area contributed by atoms with Gasteiger partial charge in [0.2, 0.25) is 11.8 Å². The lowest BCUT2D eigenvalue weighted by Crippen LogP contribution is -2.29. The summed E-state index contributed by atoms with van der Waals surface area (Å²) >= 11 is 3.42. The summed E-state index contributed by atoms with van der Waals surface area (Å²) in [4.78, 5) is 1.59. The van der Waals surface area contributed by atoms with E-state index >= 15 is 0 Å². The highest BCUT2D eigenvalue weighted by Crippen LogP contribution is 2.30. The van der Waals surface area contributed by atoms with E-state index in [2.05, 4.69) is 26.1 Å². The maximum atomic E-state index is 13.0. The Labute approximate surface area is 136 Å². The van der Waals surface area contributed by atoms with Crippen LogP contribution in [0, 0.1) is 13.8 Å². The summed E-state index contributed by atoms with van der Waals surface area (Å²) in [6, 6.07) is 3.82. The molecule has 0 unspecified atom stereocenters. The highest BCUT2D eigenvalue weighted by atomic mass is 79.9. The quantitative estimate of drug-likeness (QED) is 0.757. The van der Waals surface area contributed by atoms with Gasteiger partial charge in [0.25, 0.3) is 6.43 Å². The minimum absolute atomic E-state index is 0.167. The SMILES string of the molecule is CCc1nnc(CN(CC(F)F)c2c(C)cc(Br)cc2C)o1. The number of halogens is 3. The number of alkyl halides is 2. The zero-order chi connectivity index (χ0) is 16.3. The molecular weight excluding hydrogens is 356 g/mol. The third kappa shape index (κ3) is 4.03. The molecule has 0 aliphatic rings. The van der Waals surface area contributed by atoms with Crippen LogP contribution in [-0.4, -0.2) is 23.2 Å². The van der Waals surface area contributed by atoms with Crippen LogP contribution < -0.4 is 4.90 Å². The van der Waals surface area contributed by atoms with Crippen molar-refractivity contribution >= 4 is 21.6 Å². The Kier molecular flexibility index (Phi) is 5.50. The van der Waals surface area contributed by atoms with E-state index in [0.29, 0.717) is 18.2 Å². The van der Waals surface area contributed by atoms with E-state index in [4.69, 9.17) is 4.42 Å². The maximum Gasteiger partial charge on any atom is 0.255 e. The van der Waals surface area contributed by atoms with E-state index in [9.17, 15) is 8.78 Å². The number of aromatic nitrogens is 2. The van der Waals surface area contributed by atoms with Gasteiger partial charge in [-0.15, -0.1) is 10.2 Å². The largest absolute Gasteiger partial charge is 0.423 e. The van der Waals surface area contributed by atoms with Gasteiger partial charge in [0.05, 0.1) is 13.1 Å². The molecular formula is C15H18BrF2N3O. The molecule has 1 aromatic carbocycles.